The Bertz CT molecular complexity index is 974. The van der Waals surface area contributed by atoms with Crippen molar-refractivity contribution < 1.29 is 14.4 Å². The number of ether oxygens (including phenoxy) is 2. The van der Waals surface area contributed by atoms with E-state index in [1.807, 2.05) is 48.5 Å². The van der Waals surface area contributed by atoms with Gasteiger partial charge in [-0.3, -0.25) is 10.1 Å². The maximum atomic E-state index is 11.3. The lowest BCUT2D eigenvalue weighted by Crippen LogP contribution is -2.24. The highest BCUT2D eigenvalue weighted by atomic mass is 79.9. The number of methoxy groups -OCH3 is 2. The molecule has 0 aliphatic rings. The van der Waals surface area contributed by atoms with Gasteiger partial charge in [0.1, 0.15) is 23.0 Å². The number of aromatic nitrogens is 1. The molecule has 0 N–H and O–H groups in total. The van der Waals surface area contributed by atoms with Crippen LogP contribution in [0.25, 0.3) is 0 Å². The molecular weight excluding hydrogens is 450 g/mol. The van der Waals surface area contributed by atoms with Gasteiger partial charge in [0.25, 0.3) is 5.69 Å². The number of pyridine rings is 1. The predicted molar refractivity (Wildman–Crippen MR) is 119 cm³/mol. The van der Waals surface area contributed by atoms with Gasteiger partial charge >= 0.3 is 0 Å². The Morgan fingerprint density at radius 1 is 0.967 bits per heavy atom. The Hall–Kier alpha value is -3.13. The summed E-state index contributed by atoms with van der Waals surface area (Å²) in [6.07, 6.45) is 0. The second kappa shape index (κ2) is 9.58. The van der Waals surface area contributed by atoms with Crippen LogP contribution in [0.1, 0.15) is 16.8 Å². The molecule has 8 heteroatoms. The largest absolute Gasteiger partial charge is 0.497 e. The van der Waals surface area contributed by atoms with E-state index in [4.69, 9.17) is 9.47 Å². The monoisotopic (exact) mass is 471 g/mol. The van der Waals surface area contributed by atoms with E-state index in [9.17, 15) is 10.1 Å². The van der Waals surface area contributed by atoms with Gasteiger partial charge < -0.3 is 14.4 Å². The molecule has 0 spiro atoms. The Morgan fingerprint density at radius 3 is 1.83 bits per heavy atom. The van der Waals surface area contributed by atoms with E-state index in [0.29, 0.717) is 29.1 Å². The molecule has 156 valence electrons. The maximum absolute atomic E-state index is 11.3. The molecule has 1 heterocycles. The van der Waals surface area contributed by atoms with Crippen molar-refractivity contribution in [2.75, 3.05) is 19.1 Å². The molecule has 3 aromatic rings. The Morgan fingerprint density at radius 2 is 1.43 bits per heavy atom. The molecule has 2 aromatic carbocycles. The first kappa shape index (κ1) is 21.6. The van der Waals surface area contributed by atoms with Crippen LogP contribution in [-0.2, 0) is 13.1 Å². The van der Waals surface area contributed by atoms with Crippen LogP contribution in [0.4, 0.5) is 11.5 Å². The fourth-order valence-corrected chi connectivity index (χ4v) is 3.63. The first-order chi connectivity index (χ1) is 14.4. The summed E-state index contributed by atoms with van der Waals surface area (Å²) in [7, 11) is 3.26. The van der Waals surface area contributed by atoms with E-state index in [0.717, 1.165) is 22.6 Å². The van der Waals surface area contributed by atoms with E-state index in [1.54, 1.807) is 21.1 Å². The number of aryl methyl sites for hydroxylation is 1. The summed E-state index contributed by atoms with van der Waals surface area (Å²) >= 11 is 3.47. The number of anilines is 1. The van der Waals surface area contributed by atoms with Gasteiger partial charge in [-0.2, -0.15) is 0 Å². The van der Waals surface area contributed by atoms with Gasteiger partial charge in [0.2, 0.25) is 0 Å². The molecule has 0 atom stereocenters. The van der Waals surface area contributed by atoms with Crippen LogP contribution in [0.2, 0.25) is 0 Å². The fraction of sp³-hybridized carbons (Fsp3) is 0.227. The summed E-state index contributed by atoms with van der Waals surface area (Å²) in [5, 5.41) is 11.3. The lowest BCUT2D eigenvalue weighted by molar-refractivity contribution is -0.385. The first-order valence-electron chi connectivity index (χ1n) is 9.23. The summed E-state index contributed by atoms with van der Waals surface area (Å²) in [5.74, 6) is 2.21. The fourth-order valence-electron chi connectivity index (χ4n) is 3.07. The van der Waals surface area contributed by atoms with Gasteiger partial charge in [-0.1, -0.05) is 24.3 Å². The third kappa shape index (κ3) is 5.07. The van der Waals surface area contributed by atoms with Gasteiger partial charge in [-0.15, -0.1) is 0 Å². The molecule has 3 rings (SSSR count). The molecule has 0 fully saturated rings. The van der Waals surface area contributed by atoms with Gasteiger partial charge in [0.05, 0.1) is 23.6 Å². The molecule has 30 heavy (non-hydrogen) atoms. The van der Waals surface area contributed by atoms with Crippen LogP contribution in [0.15, 0.2) is 59.1 Å². The van der Waals surface area contributed by atoms with E-state index < -0.39 is 4.92 Å². The van der Waals surface area contributed by atoms with E-state index >= 15 is 0 Å². The van der Waals surface area contributed by atoms with Crippen molar-refractivity contribution in [3.63, 3.8) is 0 Å². The van der Waals surface area contributed by atoms with Crippen molar-refractivity contribution in [3.05, 3.63) is 86.0 Å². The van der Waals surface area contributed by atoms with Crippen molar-refractivity contribution in [3.8, 4) is 11.5 Å². The third-order valence-electron chi connectivity index (χ3n) is 4.68. The van der Waals surface area contributed by atoms with Gasteiger partial charge in [0, 0.05) is 19.2 Å². The highest BCUT2D eigenvalue weighted by molar-refractivity contribution is 9.10. The van der Waals surface area contributed by atoms with Gasteiger partial charge in [0.15, 0.2) is 0 Å². The number of halogens is 1. The van der Waals surface area contributed by atoms with E-state index in [1.165, 1.54) is 6.07 Å². The molecule has 0 bridgehead atoms. The van der Waals surface area contributed by atoms with Gasteiger partial charge in [-0.25, -0.2) is 4.98 Å². The number of nitrogens with zero attached hydrogens (tertiary/aromatic N) is 3. The summed E-state index contributed by atoms with van der Waals surface area (Å²) in [6.45, 7) is 2.78. The summed E-state index contributed by atoms with van der Waals surface area (Å²) in [4.78, 5) is 17.5. The minimum atomic E-state index is -0.422. The summed E-state index contributed by atoms with van der Waals surface area (Å²) in [5.41, 5.74) is 2.48. The third-order valence-corrected chi connectivity index (χ3v) is 5.27. The summed E-state index contributed by atoms with van der Waals surface area (Å²) in [6, 6.07) is 17.1. The molecule has 0 saturated carbocycles. The number of benzene rings is 2. The lowest BCUT2D eigenvalue weighted by atomic mass is 10.1. The molecule has 0 amide bonds. The Kier molecular flexibility index (Phi) is 6.89. The van der Waals surface area contributed by atoms with Crippen LogP contribution in [0.3, 0.4) is 0 Å². The highest BCUT2D eigenvalue weighted by Crippen LogP contribution is 2.32. The Labute approximate surface area is 183 Å². The van der Waals surface area contributed by atoms with Crippen molar-refractivity contribution in [2.45, 2.75) is 20.0 Å². The zero-order valence-corrected chi connectivity index (χ0v) is 18.5. The highest BCUT2D eigenvalue weighted by Gasteiger charge is 2.20. The van der Waals surface area contributed by atoms with Crippen molar-refractivity contribution in [1.82, 2.24) is 4.98 Å². The topological polar surface area (TPSA) is 77.7 Å². The number of rotatable bonds is 8. The Balaban J connectivity index is 1.97. The minimum absolute atomic E-state index is 0.0144. The molecule has 0 aliphatic carbocycles. The second-order valence-electron chi connectivity index (χ2n) is 6.71. The number of nitro groups is 1. The van der Waals surface area contributed by atoms with Crippen molar-refractivity contribution in [2.24, 2.45) is 0 Å². The van der Waals surface area contributed by atoms with E-state index in [-0.39, 0.29) is 5.69 Å². The summed E-state index contributed by atoms with van der Waals surface area (Å²) < 4.78 is 11.0. The van der Waals surface area contributed by atoms with Crippen LogP contribution in [0.5, 0.6) is 11.5 Å². The molecule has 0 aliphatic heterocycles. The van der Waals surface area contributed by atoms with Crippen LogP contribution in [0, 0.1) is 17.0 Å². The zero-order valence-electron chi connectivity index (χ0n) is 17.0. The van der Waals surface area contributed by atoms with Crippen LogP contribution >= 0.6 is 15.9 Å². The quantitative estimate of drug-likeness (QED) is 0.328. The van der Waals surface area contributed by atoms with Crippen molar-refractivity contribution in [1.29, 1.82) is 0 Å². The smallest absolute Gasteiger partial charge is 0.291 e. The van der Waals surface area contributed by atoms with Crippen LogP contribution in [-0.4, -0.2) is 24.1 Å². The minimum Gasteiger partial charge on any atom is -0.497 e. The predicted octanol–water partition coefficient (Wildman–Crippen LogP) is 5.28. The molecule has 0 radical (unpaired) electrons. The van der Waals surface area contributed by atoms with Gasteiger partial charge in [-0.05, 0) is 58.2 Å². The molecule has 0 unspecified atom stereocenters. The van der Waals surface area contributed by atoms with E-state index in [2.05, 4.69) is 25.8 Å². The molecule has 1 aromatic heterocycles. The second-order valence-corrected chi connectivity index (χ2v) is 7.56. The number of hydrogen-bond acceptors (Lipinski definition) is 6. The zero-order chi connectivity index (χ0) is 21.7. The molecule has 7 nitrogen and oxygen atoms in total. The number of hydrogen-bond donors (Lipinski definition) is 0. The normalized spacial score (nSPS) is 10.5. The standard InChI is InChI=1S/C22H22BrN3O4/c1-15-21(26(27)28)12-20(23)22(24-15)25(13-16-4-8-18(29-2)9-5-16)14-17-6-10-19(30-3)11-7-17/h4-12H,13-14H2,1-3H3. The maximum Gasteiger partial charge on any atom is 0.291 e. The van der Waals surface area contributed by atoms with Crippen LogP contribution < -0.4 is 14.4 Å². The first-order valence-corrected chi connectivity index (χ1v) is 10.0. The lowest BCUT2D eigenvalue weighted by Gasteiger charge is -2.25. The molecule has 0 saturated heterocycles. The van der Waals surface area contributed by atoms with Crippen molar-refractivity contribution >= 4 is 27.4 Å². The SMILES string of the molecule is COc1ccc(CN(Cc2ccc(OC)cc2)c2nc(C)c([N+](=O)[O-])cc2Br)cc1. The average molecular weight is 472 g/mol. The molecular formula is C22H22BrN3O4. The average Bonchev–Trinajstić information content (AvgIpc) is 2.75.